The van der Waals surface area contributed by atoms with E-state index in [4.69, 9.17) is 4.74 Å². The molecule has 0 radical (unpaired) electrons. The van der Waals surface area contributed by atoms with Gasteiger partial charge in [0.1, 0.15) is 5.82 Å². The van der Waals surface area contributed by atoms with Gasteiger partial charge in [-0.2, -0.15) is 0 Å². The Balaban J connectivity index is 1.77. The first kappa shape index (κ1) is 16.4. The fourth-order valence-corrected chi connectivity index (χ4v) is 3.10. The first-order valence-electron chi connectivity index (χ1n) is 7.87. The zero-order chi connectivity index (χ0) is 15.1. The highest BCUT2D eigenvalue weighted by Gasteiger charge is 2.20. The van der Waals surface area contributed by atoms with E-state index in [1.54, 1.807) is 7.11 Å². The van der Waals surface area contributed by atoms with E-state index in [1.165, 1.54) is 25.0 Å². The fourth-order valence-electron chi connectivity index (χ4n) is 3.10. The SMILES string of the molecule is CNC(CCN1CCC(COC)CC1)c1ccc(F)cc1. The van der Waals surface area contributed by atoms with Crippen LogP contribution in [0.3, 0.4) is 0 Å². The number of nitrogens with one attached hydrogen (secondary N) is 1. The third kappa shape index (κ3) is 5.06. The average Bonchev–Trinajstić information content (AvgIpc) is 2.51. The predicted molar refractivity (Wildman–Crippen MR) is 83.9 cm³/mol. The first-order valence-corrected chi connectivity index (χ1v) is 7.87. The van der Waals surface area contributed by atoms with Crippen molar-refractivity contribution in [2.75, 3.05) is 40.4 Å². The molecule has 1 unspecified atom stereocenters. The van der Waals surface area contributed by atoms with Crippen molar-refractivity contribution in [2.24, 2.45) is 5.92 Å². The van der Waals surface area contributed by atoms with Crippen LogP contribution in [-0.2, 0) is 4.74 Å². The molecule has 1 atom stereocenters. The lowest BCUT2D eigenvalue weighted by molar-refractivity contribution is 0.0979. The molecule has 3 nitrogen and oxygen atoms in total. The normalized spacial score (nSPS) is 18.8. The van der Waals surface area contributed by atoms with Gasteiger partial charge in [-0.05, 0) is 69.6 Å². The molecule has 1 fully saturated rings. The molecular formula is C17H27FN2O. The third-order valence-electron chi connectivity index (χ3n) is 4.46. The lowest BCUT2D eigenvalue weighted by atomic mass is 9.97. The van der Waals surface area contributed by atoms with Crippen molar-refractivity contribution in [3.05, 3.63) is 35.6 Å². The summed E-state index contributed by atoms with van der Waals surface area (Å²) in [6, 6.07) is 7.12. The number of methoxy groups -OCH3 is 1. The van der Waals surface area contributed by atoms with Gasteiger partial charge in [-0.3, -0.25) is 0 Å². The van der Waals surface area contributed by atoms with Crippen LogP contribution in [0, 0.1) is 11.7 Å². The molecule has 4 heteroatoms. The van der Waals surface area contributed by atoms with Crippen molar-refractivity contribution >= 4 is 0 Å². The molecule has 0 aromatic heterocycles. The minimum Gasteiger partial charge on any atom is -0.384 e. The Bertz CT molecular complexity index is 402. The minimum atomic E-state index is -0.172. The molecule has 1 aromatic carbocycles. The van der Waals surface area contributed by atoms with Gasteiger partial charge in [0.15, 0.2) is 0 Å². The highest BCUT2D eigenvalue weighted by molar-refractivity contribution is 5.19. The Hall–Kier alpha value is -0.970. The lowest BCUT2D eigenvalue weighted by Crippen LogP contribution is -2.36. The first-order chi connectivity index (χ1) is 10.2. The summed E-state index contributed by atoms with van der Waals surface area (Å²) in [5.74, 6) is 0.553. The Morgan fingerprint density at radius 1 is 1.29 bits per heavy atom. The smallest absolute Gasteiger partial charge is 0.123 e. The minimum absolute atomic E-state index is 0.172. The van der Waals surface area contributed by atoms with Gasteiger partial charge in [-0.1, -0.05) is 12.1 Å². The van der Waals surface area contributed by atoms with E-state index in [2.05, 4.69) is 10.2 Å². The zero-order valence-electron chi connectivity index (χ0n) is 13.1. The van der Waals surface area contributed by atoms with Gasteiger partial charge in [0.25, 0.3) is 0 Å². The quantitative estimate of drug-likeness (QED) is 0.837. The van der Waals surface area contributed by atoms with Crippen LogP contribution in [0.5, 0.6) is 0 Å². The summed E-state index contributed by atoms with van der Waals surface area (Å²) in [6.07, 6.45) is 3.51. The summed E-state index contributed by atoms with van der Waals surface area (Å²) < 4.78 is 18.2. The Kier molecular flexibility index (Phi) is 6.61. The van der Waals surface area contributed by atoms with E-state index < -0.39 is 0 Å². The summed E-state index contributed by atoms with van der Waals surface area (Å²) in [6.45, 7) is 4.30. The van der Waals surface area contributed by atoms with Gasteiger partial charge < -0.3 is 15.0 Å². The second kappa shape index (κ2) is 8.47. The Labute approximate surface area is 127 Å². The maximum Gasteiger partial charge on any atom is 0.123 e. The number of nitrogens with zero attached hydrogens (tertiary/aromatic N) is 1. The third-order valence-corrected chi connectivity index (χ3v) is 4.46. The number of piperidine rings is 1. The number of ether oxygens (including phenoxy) is 1. The van der Waals surface area contributed by atoms with E-state index in [0.717, 1.165) is 44.1 Å². The zero-order valence-corrected chi connectivity index (χ0v) is 13.1. The van der Waals surface area contributed by atoms with Crippen molar-refractivity contribution in [3.8, 4) is 0 Å². The maximum absolute atomic E-state index is 13.0. The van der Waals surface area contributed by atoms with Crippen molar-refractivity contribution in [3.63, 3.8) is 0 Å². The Morgan fingerprint density at radius 3 is 2.52 bits per heavy atom. The molecule has 2 rings (SSSR count). The molecule has 0 spiro atoms. The Morgan fingerprint density at radius 2 is 1.95 bits per heavy atom. The number of benzene rings is 1. The highest BCUT2D eigenvalue weighted by Crippen LogP contribution is 2.21. The van der Waals surface area contributed by atoms with Gasteiger partial charge in [0.2, 0.25) is 0 Å². The predicted octanol–water partition coefficient (Wildman–Crippen LogP) is 2.83. The molecule has 0 amide bonds. The monoisotopic (exact) mass is 294 g/mol. The van der Waals surface area contributed by atoms with Crippen LogP contribution in [-0.4, -0.2) is 45.3 Å². The number of halogens is 1. The number of likely N-dealkylation sites (tertiary alicyclic amines) is 1. The molecule has 1 aliphatic heterocycles. The van der Waals surface area contributed by atoms with Crippen LogP contribution >= 0.6 is 0 Å². The van der Waals surface area contributed by atoms with Crippen LogP contribution in [0.2, 0.25) is 0 Å². The average molecular weight is 294 g/mol. The van der Waals surface area contributed by atoms with Crippen LogP contribution in [0.25, 0.3) is 0 Å². The summed E-state index contributed by atoms with van der Waals surface area (Å²) in [7, 11) is 3.76. The van der Waals surface area contributed by atoms with Crippen molar-refractivity contribution in [2.45, 2.75) is 25.3 Å². The molecule has 1 aromatic rings. The molecule has 0 saturated carbocycles. The van der Waals surface area contributed by atoms with Crippen molar-refractivity contribution in [1.29, 1.82) is 0 Å². The van der Waals surface area contributed by atoms with E-state index in [9.17, 15) is 4.39 Å². The van der Waals surface area contributed by atoms with Crippen LogP contribution in [0.4, 0.5) is 4.39 Å². The second-order valence-electron chi connectivity index (χ2n) is 5.92. The molecule has 1 aliphatic rings. The van der Waals surface area contributed by atoms with Crippen LogP contribution in [0.1, 0.15) is 30.9 Å². The standard InChI is InChI=1S/C17H27FN2O/c1-19-17(15-3-5-16(18)6-4-15)9-12-20-10-7-14(8-11-20)13-21-2/h3-6,14,17,19H,7-13H2,1-2H3. The second-order valence-corrected chi connectivity index (χ2v) is 5.92. The van der Waals surface area contributed by atoms with Gasteiger partial charge in [0.05, 0.1) is 0 Å². The van der Waals surface area contributed by atoms with E-state index >= 15 is 0 Å². The van der Waals surface area contributed by atoms with Crippen molar-refractivity contribution < 1.29 is 9.13 Å². The molecule has 118 valence electrons. The summed E-state index contributed by atoms with van der Waals surface area (Å²) in [4.78, 5) is 2.53. The highest BCUT2D eigenvalue weighted by atomic mass is 19.1. The summed E-state index contributed by atoms with van der Waals surface area (Å²) >= 11 is 0. The van der Waals surface area contributed by atoms with E-state index in [1.807, 2.05) is 19.2 Å². The summed E-state index contributed by atoms with van der Waals surface area (Å²) in [5, 5.41) is 3.34. The molecule has 1 N–H and O–H groups in total. The van der Waals surface area contributed by atoms with E-state index in [0.29, 0.717) is 6.04 Å². The van der Waals surface area contributed by atoms with Gasteiger partial charge >= 0.3 is 0 Å². The molecule has 0 bridgehead atoms. The fraction of sp³-hybridized carbons (Fsp3) is 0.647. The molecule has 1 saturated heterocycles. The topological polar surface area (TPSA) is 24.5 Å². The van der Waals surface area contributed by atoms with Gasteiger partial charge in [0, 0.05) is 19.8 Å². The lowest BCUT2D eigenvalue weighted by Gasteiger charge is -2.32. The number of rotatable bonds is 7. The van der Waals surface area contributed by atoms with Crippen LogP contribution in [0.15, 0.2) is 24.3 Å². The molecular weight excluding hydrogens is 267 g/mol. The molecule has 1 heterocycles. The van der Waals surface area contributed by atoms with Crippen LogP contribution < -0.4 is 5.32 Å². The van der Waals surface area contributed by atoms with E-state index in [-0.39, 0.29) is 5.82 Å². The van der Waals surface area contributed by atoms with Gasteiger partial charge in [-0.25, -0.2) is 4.39 Å². The molecule has 0 aliphatic carbocycles. The maximum atomic E-state index is 13.0. The largest absolute Gasteiger partial charge is 0.384 e. The van der Waals surface area contributed by atoms with Crippen molar-refractivity contribution in [1.82, 2.24) is 10.2 Å². The number of hydrogen-bond acceptors (Lipinski definition) is 3. The van der Waals surface area contributed by atoms with Gasteiger partial charge in [-0.15, -0.1) is 0 Å². The number of hydrogen-bond donors (Lipinski definition) is 1. The summed E-state index contributed by atoms with van der Waals surface area (Å²) in [5.41, 5.74) is 1.16. The molecule has 21 heavy (non-hydrogen) atoms.